The van der Waals surface area contributed by atoms with Crippen LogP contribution in [-0.2, 0) is 16.0 Å². The summed E-state index contributed by atoms with van der Waals surface area (Å²) in [5, 5.41) is 20.0. The number of rotatable bonds is 5. The van der Waals surface area contributed by atoms with E-state index >= 15 is 0 Å². The van der Waals surface area contributed by atoms with Crippen LogP contribution in [0, 0.1) is 0 Å². The molecular formula is C20H25N3O4S. The first-order chi connectivity index (χ1) is 13.4. The SMILES string of the molecule is CCc1cc(-c2ccsc2)cc(N2CCN(C)CC2)n1.O=C(O)C=CC(=O)O. The quantitative estimate of drug-likeness (QED) is 0.742. The summed E-state index contributed by atoms with van der Waals surface area (Å²) >= 11 is 1.75. The second-order valence-corrected chi connectivity index (χ2v) is 7.15. The van der Waals surface area contributed by atoms with Crippen LogP contribution in [0.2, 0.25) is 0 Å². The Morgan fingerprint density at radius 3 is 2.25 bits per heavy atom. The molecule has 1 saturated heterocycles. The molecule has 3 heterocycles. The Bertz CT molecular complexity index is 797. The lowest BCUT2D eigenvalue weighted by molar-refractivity contribution is -0.134. The van der Waals surface area contributed by atoms with Crippen LogP contribution in [0.5, 0.6) is 0 Å². The Labute approximate surface area is 168 Å². The fourth-order valence-electron chi connectivity index (χ4n) is 2.69. The molecule has 1 fully saturated rings. The molecule has 0 radical (unpaired) electrons. The molecule has 0 spiro atoms. The maximum atomic E-state index is 9.55. The molecule has 0 atom stereocenters. The Morgan fingerprint density at radius 2 is 1.75 bits per heavy atom. The zero-order valence-corrected chi connectivity index (χ0v) is 16.9. The standard InChI is InChI=1S/C16H21N3S.C4H4O4/c1-3-15-10-14(13-4-9-20-12-13)11-16(17-15)19-7-5-18(2)6-8-19;5-3(6)1-2-4(7)8/h4,9-12H,3,5-8H2,1-2H3;1-2H,(H,5,6)(H,7,8). The van der Waals surface area contributed by atoms with Crippen LogP contribution in [0.3, 0.4) is 0 Å². The van der Waals surface area contributed by atoms with Crippen molar-refractivity contribution in [1.29, 1.82) is 0 Å². The second kappa shape index (κ2) is 10.6. The summed E-state index contributed by atoms with van der Waals surface area (Å²) < 4.78 is 0. The molecule has 28 heavy (non-hydrogen) atoms. The number of likely N-dealkylation sites (N-methyl/N-ethyl adjacent to an activating group) is 1. The van der Waals surface area contributed by atoms with Gasteiger partial charge >= 0.3 is 11.9 Å². The van der Waals surface area contributed by atoms with Crippen LogP contribution in [0.15, 0.2) is 41.1 Å². The molecule has 1 aliphatic heterocycles. The van der Waals surface area contributed by atoms with E-state index in [2.05, 4.69) is 52.7 Å². The number of hydrogen-bond acceptors (Lipinski definition) is 6. The second-order valence-electron chi connectivity index (χ2n) is 6.37. The minimum Gasteiger partial charge on any atom is -0.478 e. The highest BCUT2D eigenvalue weighted by molar-refractivity contribution is 7.08. The van der Waals surface area contributed by atoms with Gasteiger partial charge in [-0.15, -0.1) is 0 Å². The third-order valence-electron chi connectivity index (χ3n) is 4.28. The number of aliphatic carboxylic acids is 2. The van der Waals surface area contributed by atoms with Crippen molar-refractivity contribution in [3.63, 3.8) is 0 Å². The van der Waals surface area contributed by atoms with Crippen molar-refractivity contribution >= 4 is 29.1 Å². The zero-order valence-electron chi connectivity index (χ0n) is 16.0. The number of carboxylic acid groups (broad SMARTS) is 2. The van der Waals surface area contributed by atoms with Gasteiger partial charge < -0.3 is 20.0 Å². The lowest BCUT2D eigenvalue weighted by Crippen LogP contribution is -2.44. The van der Waals surface area contributed by atoms with Gasteiger partial charge in [0, 0.05) is 44.0 Å². The van der Waals surface area contributed by atoms with Gasteiger partial charge in [0.2, 0.25) is 0 Å². The molecule has 7 nitrogen and oxygen atoms in total. The molecule has 150 valence electrons. The average molecular weight is 404 g/mol. The Balaban J connectivity index is 0.000000300. The number of aryl methyl sites for hydroxylation is 1. The molecule has 0 unspecified atom stereocenters. The number of pyridine rings is 1. The van der Waals surface area contributed by atoms with E-state index < -0.39 is 11.9 Å². The molecule has 0 aromatic carbocycles. The molecule has 2 N–H and O–H groups in total. The van der Waals surface area contributed by atoms with Gasteiger partial charge in [-0.25, -0.2) is 14.6 Å². The highest BCUT2D eigenvalue weighted by Gasteiger charge is 2.16. The maximum Gasteiger partial charge on any atom is 0.328 e. The topological polar surface area (TPSA) is 94.0 Å². The van der Waals surface area contributed by atoms with Gasteiger partial charge in [-0.05, 0) is 53.6 Å². The zero-order chi connectivity index (χ0) is 20.5. The van der Waals surface area contributed by atoms with Crippen molar-refractivity contribution < 1.29 is 19.8 Å². The van der Waals surface area contributed by atoms with E-state index in [1.54, 1.807) is 11.3 Å². The molecule has 2 aromatic rings. The van der Waals surface area contributed by atoms with Gasteiger partial charge in [0.25, 0.3) is 0 Å². The molecule has 0 saturated carbocycles. The third kappa shape index (κ3) is 6.79. The van der Waals surface area contributed by atoms with E-state index in [0.29, 0.717) is 12.2 Å². The summed E-state index contributed by atoms with van der Waals surface area (Å²) in [5.74, 6) is -1.38. The number of aromatic nitrogens is 1. The number of piperazine rings is 1. The van der Waals surface area contributed by atoms with Gasteiger partial charge in [-0.1, -0.05) is 6.92 Å². The minimum absolute atomic E-state index is 0.558. The minimum atomic E-state index is -1.26. The number of hydrogen-bond donors (Lipinski definition) is 2. The summed E-state index contributed by atoms with van der Waals surface area (Å²) in [5.41, 5.74) is 3.79. The van der Waals surface area contributed by atoms with Crippen molar-refractivity contribution in [2.45, 2.75) is 13.3 Å². The molecule has 1 aliphatic rings. The van der Waals surface area contributed by atoms with Crippen LogP contribution in [0.25, 0.3) is 11.1 Å². The number of thiophene rings is 1. The maximum absolute atomic E-state index is 9.55. The van der Waals surface area contributed by atoms with Crippen molar-refractivity contribution in [3.05, 3.63) is 46.8 Å². The van der Waals surface area contributed by atoms with Crippen LogP contribution in [-0.4, -0.2) is 65.3 Å². The summed E-state index contributed by atoms with van der Waals surface area (Å²) in [6.45, 7) is 6.55. The van der Waals surface area contributed by atoms with E-state index in [1.807, 2.05) is 0 Å². The highest BCUT2D eigenvalue weighted by Crippen LogP contribution is 2.27. The first kappa shape index (κ1) is 21.6. The van der Waals surface area contributed by atoms with Gasteiger partial charge in [-0.3, -0.25) is 0 Å². The summed E-state index contributed by atoms with van der Waals surface area (Å²) in [6.07, 6.45) is 2.10. The molecule has 0 amide bonds. The number of carbonyl (C=O) groups is 2. The number of carboxylic acids is 2. The molecule has 8 heteroatoms. The first-order valence-corrected chi connectivity index (χ1v) is 9.94. The molecule has 0 aliphatic carbocycles. The molecule has 2 aromatic heterocycles. The summed E-state index contributed by atoms with van der Waals surface area (Å²) in [7, 11) is 2.18. The van der Waals surface area contributed by atoms with E-state index in [1.165, 1.54) is 16.8 Å². The fraction of sp³-hybridized carbons (Fsp3) is 0.350. The van der Waals surface area contributed by atoms with Crippen molar-refractivity contribution in [2.24, 2.45) is 0 Å². The van der Waals surface area contributed by atoms with Crippen molar-refractivity contribution in [2.75, 3.05) is 38.1 Å². The first-order valence-electron chi connectivity index (χ1n) is 9.00. The molecule has 3 rings (SSSR count). The number of nitrogens with zero attached hydrogens (tertiary/aromatic N) is 3. The van der Waals surface area contributed by atoms with E-state index in [-0.39, 0.29) is 0 Å². The van der Waals surface area contributed by atoms with Gasteiger partial charge in [0.15, 0.2) is 0 Å². The highest BCUT2D eigenvalue weighted by atomic mass is 32.1. The van der Waals surface area contributed by atoms with E-state index in [4.69, 9.17) is 15.2 Å². The summed E-state index contributed by atoms with van der Waals surface area (Å²) in [6, 6.07) is 6.65. The third-order valence-corrected chi connectivity index (χ3v) is 4.96. The van der Waals surface area contributed by atoms with Crippen LogP contribution < -0.4 is 4.90 Å². The van der Waals surface area contributed by atoms with Crippen LogP contribution in [0.1, 0.15) is 12.6 Å². The fourth-order valence-corrected chi connectivity index (χ4v) is 3.35. The van der Waals surface area contributed by atoms with Gasteiger partial charge in [0.1, 0.15) is 5.82 Å². The predicted octanol–water partition coefficient (Wildman–Crippen LogP) is 2.84. The molecule has 0 bridgehead atoms. The Hall–Kier alpha value is -2.71. The van der Waals surface area contributed by atoms with Gasteiger partial charge in [-0.2, -0.15) is 11.3 Å². The molecular weight excluding hydrogens is 378 g/mol. The van der Waals surface area contributed by atoms with E-state index in [0.717, 1.165) is 38.4 Å². The number of anilines is 1. The van der Waals surface area contributed by atoms with Crippen LogP contribution in [0.4, 0.5) is 5.82 Å². The van der Waals surface area contributed by atoms with Crippen molar-refractivity contribution in [1.82, 2.24) is 9.88 Å². The Morgan fingerprint density at radius 1 is 1.11 bits per heavy atom. The van der Waals surface area contributed by atoms with Crippen LogP contribution >= 0.6 is 11.3 Å². The normalized spacial score (nSPS) is 14.6. The lowest BCUT2D eigenvalue weighted by atomic mass is 10.1. The van der Waals surface area contributed by atoms with Crippen molar-refractivity contribution in [3.8, 4) is 11.1 Å². The van der Waals surface area contributed by atoms with E-state index in [9.17, 15) is 9.59 Å². The average Bonchev–Trinajstić information content (AvgIpc) is 3.22. The lowest BCUT2D eigenvalue weighted by Gasteiger charge is -2.33. The monoisotopic (exact) mass is 403 g/mol. The Kier molecular flexibility index (Phi) is 8.16. The predicted molar refractivity (Wildman–Crippen MR) is 111 cm³/mol. The van der Waals surface area contributed by atoms with Gasteiger partial charge in [0.05, 0.1) is 0 Å². The smallest absolute Gasteiger partial charge is 0.328 e. The largest absolute Gasteiger partial charge is 0.478 e. The summed E-state index contributed by atoms with van der Waals surface area (Å²) in [4.78, 5) is 28.7.